The molecule has 5 rings (SSSR count). The van der Waals surface area contributed by atoms with Crippen LogP contribution in [0.4, 0.5) is 0 Å². The number of fused-ring (bicyclic) bond motifs is 2. The predicted octanol–water partition coefficient (Wildman–Crippen LogP) is 4.19. The summed E-state index contributed by atoms with van der Waals surface area (Å²) in [6.45, 7) is 2.73. The van der Waals surface area contributed by atoms with Crippen molar-refractivity contribution in [1.82, 2.24) is 15.3 Å². The van der Waals surface area contributed by atoms with Crippen LogP contribution in [-0.2, 0) is 13.0 Å². The zero-order valence-electron chi connectivity index (χ0n) is 20.7. The number of hydrogen-bond donors (Lipinski definition) is 5. The van der Waals surface area contributed by atoms with Gasteiger partial charge in [0.2, 0.25) is 0 Å². The molecule has 0 radical (unpaired) electrons. The molecule has 4 aromatic rings. The van der Waals surface area contributed by atoms with Crippen molar-refractivity contribution in [3.63, 3.8) is 0 Å². The van der Waals surface area contributed by atoms with Gasteiger partial charge in [-0.25, -0.2) is 5.84 Å². The number of rotatable bonds is 6. The molecule has 0 saturated heterocycles. The Hall–Kier alpha value is -3.68. The Morgan fingerprint density at radius 2 is 1.78 bits per heavy atom. The lowest BCUT2D eigenvalue weighted by Crippen LogP contribution is -2.41. The Kier molecular flexibility index (Phi) is 6.76. The van der Waals surface area contributed by atoms with Crippen LogP contribution in [-0.4, -0.2) is 28.4 Å². The molecular weight excluding hydrogens is 448 g/mol. The molecule has 1 aromatic heterocycles. The van der Waals surface area contributed by atoms with Crippen LogP contribution in [0, 0.1) is 5.41 Å². The molecule has 0 aliphatic heterocycles. The highest BCUT2D eigenvalue weighted by molar-refractivity contribution is 6.05. The van der Waals surface area contributed by atoms with E-state index >= 15 is 0 Å². The Morgan fingerprint density at radius 3 is 2.53 bits per heavy atom. The molecule has 1 aliphatic carbocycles. The smallest absolute Gasteiger partial charge is 0.268 e. The third kappa shape index (κ3) is 4.47. The minimum Gasteiger partial charge on any atom is -0.348 e. The minimum atomic E-state index is -0.0441. The Labute approximate surface area is 211 Å². The van der Waals surface area contributed by atoms with E-state index in [1.165, 1.54) is 16.3 Å². The molecule has 36 heavy (non-hydrogen) atoms. The van der Waals surface area contributed by atoms with Crippen LogP contribution in [0.2, 0.25) is 0 Å². The zero-order valence-corrected chi connectivity index (χ0v) is 20.7. The monoisotopic (exact) mass is 482 g/mol. The first-order valence-electron chi connectivity index (χ1n) is 12.7. The summed E-state index contributed by atoms with van der Waals surface area (Å²) in [6.07, 6.45) is 4.28. The molecule has 3 aromatic carbocycles. The summed E-state index contributed by atoms with van der Waals surface area (Å²) in [7, 11) is 0. The predicted molar refractivity (Wildman–Crippen MR) is 146 cm³/mol. The number of amides is 1. The molecule has 7 nitrogen and oxygen atoms in total. The van der Waals surface area contributed by atoms with Crippen molar-refractivity contribution in [2.75, 3.05) is 0 Å². The summed E-state index contributed by atoms with van der Waals surface area (Å²) in [5.74, 6) is 5.64. The summed E-state index contributed by atoms with van der Waals surface area (Å²) < 4.78 is 2.10. The second kappa shape index (κ2) is 10.1. The van der Waals surface area contributed by atoms with Gasteiger partial charge in [0.15, 0.2) is 0 Å². The summed E-state index contributed by atoms with van der Waals surface area (Å²) in [5.41, 5.74) is 13.0. The molecule has 1 fully saturated rings. The van der Waals surface area contributed by atoms with E-state index in [2.05, 4.69) is 58.6 Å². The van der Waals surface area contributed by atoms with Crippen LogP contribution < -0.4 is 22.3 Å². The number of benzene rings is 3. The van der Waals surface area contributed by atoms with E-state index in [1.54, 1.807) is 0 Å². The summed E-state index contributed by atoms with van der Waals surface area (Å²) in [5, 5.41) is 14.8. The van der Waals surface area contributed by atoms with Gasteiger partial charge in [-0.3, -0.25) is 10.2 Å². The number of aromatic nitrogens is 1. The van der Waals surface area contributed by atoms with Crippen molar-refractivity contribution in [2.45, 2.75) is 57.7 Å². The van der Waals surface area contributed by atoms with Crippen LogP contribution >= 0.6 is 0 Å². The fourth-order valence-electron chi connectivity index (χ4n) is 5.58. The van der Waals surface area contributed by atoms with E-state index in [1.807, 2.05) is 24.3 Å². The topological polar surface area (TPSA) is 122 Å². The summed E-state index contributed by atoms with van der Waals surface area (Å²) in [6, 6.07) is 20.9. The first kappa shape index (κ1) is 24.0. The minimum absolute atomic E-state index is 0.0441. The number of nitrogens with two attached hydrogens (primary N) is 2. The van der Waals surface area contributed by atoms with Crippen molar-refractivity contribution < 1.29 is 4.79 Å². The zero-order chi connectivity index (χ0) is 25.2. The molecule has 0 atom stereocenters. The van der Waals surface area contributed by atoms with Gasteiger partial charge in [0.1, 0.15) is 11.5 Å². The highest BCUT2D eigenvalue weighted by Gasteiger charge is 2.27. The van der Waals surface area contributed by atoms with Crippen molar-refractivity contribution in [3.05, 3.63) is 83.0 Å². The average molecular weight is 483 g/mol. The normalized spacial score (nSPS) is 17.9. The van der Waals surface area contributed by atoms with Crippen LogP contribution in [0.15, 0.2) is 60.7 Å². The molecule has 0 spiro atoms. The number of hydrazine groups is 1. The number of amidine groups is 1. The maximum Gasteiger partial charge on any atom is 0.268 e. The summed E-state index contributed by atoms with van der Waals surface area (Å²) in [4.78, 5) is 13.9. The quantitative estimate of drug-likeness (QED) is 0.122. The highest BCUT2D eigenvalue weighted by atomic mass is 16.2. The molecule has 0 bridgehead atoms. The third-order valence-corrected chi connectivity index (χ3v) is 7.49. The standard InChI is InChI=1S/C29H34N6O/c1-2-35-26-15-10-20(28(31)34-32)17-24(26)25(16-19-8-5-7-18-6-3-4-9-23(18)19)27(35)29(36)33-22-13-11-21(30)12-14-22/h3-10,15,17,21-22H,2,11-14,16,30,32H2,1H3,(H2,31,34)(H,33,36). The first-order valence-corrected chi connectivity index (χ1v) is 12.7. The largest absolute Gasteiger partial charge is 0.348 e. The molecule has 1 heterocycles. The van der Waals surface area contributed by atoms with Gasteiger partial charge < -0.3 is 21.0 Å². The van der Waals surface area contributed by atoms with Crippen LogP contribution in [0.3, 0.4) is 0 Å². The number of hydrogen-bond acceptors (Lipinski definition) is 4. The Bertz CT molecular complexity index is 1430. The number of aryl methyl sites for hydroxylation is 1. The van der Waals surface area contributed by atoms with Gasteiger partial charge in [-0.15, -0.1) is 0 Å². The van der Waals surface area contributed by atoms with Gasteiger partial charge in [-0.2, -0.15) is 0 Å². The van der Waals surface area contributed by atoms with E-state index in [4.69, 9.17) is 17.0 Å². The van der Waals surface area contributed by atoms with Gasteiger partial charge in [0, 0.05) is 41.5 Å². The first-order chi connectivity index (χ1) is 17.5. The van der Waals surface area contributed by atoms with Crippen LogP contribution in [0.5, 0.6) is 0 Å². The maximum atomic E-state index is 13.9. The third-order valence-electron chi connectivity index (χ3n) is 7.49. The molecule has 7 N–H and O–H groups in total. The SMILES string of the molecule is CCn1c(C(=O)NC2CCC(N)CC2)c(Cc2cccc3ccccc23)c2cc(C(=N)NN)ccc21. The molecule has 186 valence electrons. The average Bonchev–Trinajstić information content (AvgIpc) is 3.22. The lowest BCUT2D eigenvalue weighted by molar-refractivity contribution is 0.0916. The van der Waals surface area contributed by atoms with E-state index in [-0.39, 0.29) is 23.8 Å². The van der Waals surface area contributed by atoms with Crippen LogP contribution in [0.25, 0.3) is 21.7 Å². The summed E-state index contributed by atoms with van der Waals surface area (Å²) >= 11 is 0. The van der Waals surface area contributed by atoms with E-state index in [0.29, 0.717) is 24.2 Å². The fourth-order valence-corrected chi connectivity index (χ4v) is 5.58. The second-order valence-corrected chi connectivity index (χ2v) is 9.72. The van der Waals surface area contributed by atoms with Gasteiger partial charge in [-0.05, 0) is 72.7 Å². The van der Waals surface area contributed by atoms with E-state index < -0.39 is 0 Å². The second-order valence-electron chi connectivity index (χ2n) is 9.72. The number of carbonyl (C=O) groups excluding carboxylic acids is 1. The van der Waals surface area contributed by atoms with Crippen molar-refractivity contribution >= 4 is 33.4 Å². The Morgan fingerprint density at radius 1 is 1.03 bits per heavy atom. The van der Waals surface area contributed by atoms with Gasteiger partial charge in [-0.1, -0.05) is 42.5 Å². The molecule has 1 aliphatic rings. The molecule has 1 saturated carbocycles. The molecule has 7 heteroatoms. The molecule has 0 unspecified atom stereocenters. The van der Waals surface area contributed by atoms with E-state index in [9.17, 15) is 4.79 Å². The number of carbonyl (C=O) groups is 1. The molecule has 1 amide bonds. The van der Waals surface area contributed by atoms with Crippen molar-refractivity contribution in [3.8, 4) is 0 Å². The highest BCUT2D eigenvalue weighted by Crippen LogP contribution is 2.32. The fraction of sp³-hybridized carbons (Fsp3) is 0.310. The van der Waals surface area contributed by atoms with Crippen molar-refractivity contribution in [1.29, 1.82) is 5.41 Å². The lowest BCUT2D eigenvalue weighted by atomic mass is 9.91. The van der Waals surface area contributed by atoms with Gasteiger partial charge in [0.05, 0.1) is 0 Å². The van der Waals surface area contributed by atoms with Crippen LogP contribution in [0.1, 0.15) is 59.8 Å². The van der Waals surface area contributed by atoms with Gasteiger partial charge in [0.25, 0.3) is 5.91 Å². The Balaban J connectivity index is 1.65. The molecular formula is C29H34N6O. The maximum absolute atomic E-state index is 13.9. The van der Waals surface area contributed by atoms with Gasteiger partial charge >= 0.3 is 0 Å². The lowest BCUT2D eigenvalue weighted by Gasteiger charge is -2.27. The number of nitrogens with one attached hydrogen (secondary N) is 3. The van der Waals surface area contributed by atoms with E-state index in [0.717, 1.165) is 42.1 Å². The number of nitrogens with zero attached hydrogens (tertiary/aromatic N) is 1. The van der Waals surface area contributed by atoms with Crippen molar-refractivity contribution in [2.24, 2.45) is 11.6 Å².